The van der Waals surface area contributed by atoms with E-state index in [9.17, 15) is 9.59 Å². The third-order valence-corrected chi connectivity index (χ3v) is 3.17. The molecule has 0 aromatic carbocycles. The number of carbonyl (C=O) groups excluding carboxylic acids is 2. The fourth-order valence-electron chi connectivity index (χ4n) is 2.04. The van der Waals surface area contributed by atoms with E-state index in [1.54, 1.807) is 6.92 Å². The summed E-state index contributed by atoms with van der Waals surface area (Å²) in [5.41, 5.74) is 1.15. The number of rotatable bonds is 3. The maximum absolute atomic E-state index is 11.5. The van der Waals surface area contributed by atoms with E-state index >= 15 is 0 Å². The van der Waals surface area contributed by atoms with Crippen LogP contribution in [0.3, 0.4) is 0 Å². The van der Waals surface area contributed by atoms with Crippen molar-refractivity contribution in [3.8, 4) is 0 Å². The molecule has 1 heterocycles. The lowest BCUT2D eigenvalue weighted by Crippen LogP contribution is -2.23. The predicted octanol–water partition coefficient (Wildman–Crippen LogP) is 2.31. The van der Waals surface area contributed by atoms with E-state index in [-0.39, 0.29) is 29.7 Å². The van der Waals surface area contributed by atoms with Gasteiger partial charge in [0.05, 0.1) is 11.8 Å². The van der Waals surface area contributed by atoms with Crippen molar-refractivity contribution in [1.82, 2.24) is 0 Å². The second-order valence-corrected chi connectivity index (χ2v) is 4.20. The molecule has 0 saturated carbocycles. The van der Waals surface area contributed by atoms with E-state index < -0.39 is 0 Å². The largest absolute Gasteiger partial charge is 0.393 e. The number of carbonyl (C=O) groups is 2. The molecule has 3 atom stereocenters. The highest BCUT2D eigenvalue weighted by Crippen LogP contribution is 2.33. The lowest BCUT2D eigenvalue weighted by atomic mass is 9.81. The Hall–Kier alpha value is -1.12. The predicted molar refractivity (Wildman–Crippen MR) is 57.0 cm³/mol. The van der Waals surface area contributed by atoms with Gasteiger partial charge in [0.25, 0.3) is 0 Å². The first-order chi connectivity index (χ1) is 6.99. The smallest absolute Gasteiger partial charge is 0.318 e. The maximum atomic E-state index is 11.5. The van der Waals surface area contributed by atoms with Crippen molar-refractivity contribution in [1.29, 1.82) is 0 Å². The highest BCUT2D eigenvalue weighted by Gasteiger charge is 2.44. The number of hydrogen-bond acceptors (Lipinski definition) is 3. The average molecular weight is 210 g/mol. The summed E-state index contributed by atoms with van der Waals surface area (Å²) < 4.78 is 4.63. The van der Waals surface area contributed by atoms with E-state index in [1.807, 2.05) is 13.8 Å². The van der Waals surface area contributed by atoms with Crippen LogP contribution in [0.4, 0.5) is 0 Å². The molecule has 3 unspecified atom stereocenters. The fraction of sp³-hybridized carbons (Fsp3) is 0.667. The Morgan fingerprint density at radius 3 is 2.47 bits per heavy atom. The molecule has 0 aliphatic carbocycles. The topological polar surface area (TPSA) is 43.4 Å². The fourth-order valence-corrected chi connectivity index (χ4v) is 2.04. The second-order valence-electron chi connectivity index (χ2n) is 4.20. The maximum Gasteiger partial charge on any atom is 0.318 e. The molecule has 1 aliphatic heterocycles. The van der Waals surface area contributed by atoms with Crippen molar-refractivity contribution >= 4 is 11.9 Å². The molecular formula is C12H18O3. The van der Waals surface area contributed by atoms with Gasteiger partial charge in [0, 0.05) is 0 Å². The third-order valence-electron chi connectivity index (χ3n) is 3.17. The molecule has 1 rings (SSSR count). The molecule has 0 aromatic rings. The van der Waals surface area contributed by atoms with Crippen LogP contribution < -0.4 is 0 Å². The summed E-state index contributed by atoms with van der Waals surface area (Å²) in [6, 6.07) is 0. The zero-order chi connectivity index (χ0) is 11.6. The van der Waals surface area contributed by atoms with Crippen LogP contribution in [-0.2, 0) is 14.3 Å². The van der Waals surface area contributed by atoms with Gasteiger partial charge in [-0.15, -0.1) is 0 Å². The Labute approximate surface area is 90.5 Å². The molecule has 0 radical (unpaired) electrons. The van der Waals surface area contributed by atoms with Gasteiger partial charge in [-0.1, -0.05) is 32.4 Å². The summed E-state index contributed by atoms with van der Waals surface area (Å²) in [5.74, 6) is -1.29. The SMILES string of the molecule is CC/C=C(/C)C(C)C1C(=O)OC(=O)C1C. The molecule has 1 fully saturated rings. The number of cyclic esters (lactones) is 2. The lowest BCUT2D eigenvalue weighted by molar-refractivity contribution is -0.153. The Kier molecular flexibility index (Phi) is 3.66. The number of ether oxygens (including phenoxy) is 1. The zero-order valence-electron chi connectivity index (χ0n) is 9.74. The Bertz CT molecular complexity index is 304. The summed E-state index contributed by atoms with van der Waals surface area (Å²) in [6.45, 7) is 7.78. The Balaban J connectivity index is 2.84. The van der Waals surface area contributed by atoms with Gasteiger partial charge in [-0.3, -0.25) is 9.59 Å². The number of allylic oxidation sites excluding steroid dienone is 2. The summed E-state index contributed by atoms with van der Waals surface area (Å²) in [5, 5.41) is 0. The van der Waals surface area contributed by atoms with Crippen molar-refractivity contribution in [3.63, 3.8) is 0 Å². The molecule has 0 N–H and O–H groups in total. The molecule has 1 saturated heterocycles. The van der Waals surface area contributed by atoms with Crippen LogP contribution in [0.2, 0.25) is 0 Å². The molecule has 3 nitrogen and oxygen atoms in total. The van der Waals surface area contributed by atoms with Crippen LogP contribution >= 0.6 is 0 Å². The molecular weight excluding hydrogens is 192 g/mol. The average Bonchev–Trinajstić information content (AvgIpc) is 2.41. The number of esters is 2. The van der Waals surface area contributed by atoms with Crippen LogP contribution in [-0.4, -0.2) is 11.9 Å². The summed E-state index contributed by atoms with van der Waals surface area (Å²) in [7, 11) is 0. The monoisotopic (exact) mass is 210 g/mol. The number of hydrogen-bond donors (Lipinski definition) is 0. The van der Waals surface area contributed by atoms with E-state index in [0.717, 1.165) is 12.0 Å². The molecule has 1 aliphatic rings. The van der Waals surface area contributed by atoms with Crippen LogP contribution in [0.5, 0.6) is 0 Å². The third kappa shape index (κ3) is 2.28. The first kappa shape index (κ1) is 12.0. The van der Waals surface area contributed by atoms with Crippen molar-refractivity contribution in [3.05, 3.63) is 11.6 Å². The van der Waals surface area contributed by atoms with Gasteiger partial charge < -0.3 is 4.74 Å². The van der Waals surface area contributed by atoms with Crippen LogP contribution in [0.25, 0.3) is 0 Å². The highest BCUT2D eigenvalue weighted by atomic mass is 16.6. The molecule has 0 amide bonds. The minimum Gasteiger partial charge on any atom is -0.393 e. The van der Waals surface area contributed by atoms with Crippen molar-refractivity contribution < 1.29 is 14.3 Å². The van der Waals surface area contributed by atoms with Gasteiger partial charge in [-0.2, -0.15) is 0 Å². The first-order valence-electron chi connectivity index (χ1n) is 5.41. The van der Waals surface area contributed by atoms with Crippen molar-refractivity contribution in [2.45, 2.75) is 34.1 Å². The molecule has 0 bridgehead atoms. The summed E-state index contributed by atoms with van der Waals surface area (Å²) in [6.07, 6.45) is 3.04. The Morgan fingerprint density at radius 1 is 1.47 bits per heavy atom. The Morgan fingerprint density at radius 2 is 2.07 bits per heavy atom. The second kappa shape index (κ2) is 4.60. The molecule has 3 heteroatoms. The normalized spacial score (nSPS) is 29.2. The van der Waals surface area contributed by atoms with Gasteiger partial charge in [-0.25, -0.2) is 0 Å². The van der Waals surface area contributed by atoms with E-state index in [2.05, 4.69) is 17.7 Å². The summed E-state index contributed by atoms with van der Waals surface area (Å²) >= 11 is 0. The van der Waals surface area contributed by atoms with Crippen molar-refractivity contribution in [2.24, 2.45) is 17.8 Å². The van der Waals surface area contributed by atoms with Gasteiger partial charge in [-0.05, 0) is 19.3 Å². The molecule has 0 aromatic heterocycles. The van der Waals surface area contributed by atoms with Gasteiger partial charge in [0.2, 0.25) is 0 Å². The van der Waals surface area contributed by atoms with E-state index in [4.69, 9.17) is 0 Å². The molecule has 0 spiro atoms. The van der Waals surface area contributed by atoms with Crippen LogP contribution in [0, 0.1) is 17.8 Å². The van der Waals surface area contributed by atoms with E-state index in [1.165, 1.54) is 0 Å². The van der Waals surface area contributed by atoms with E-state index in [0.29, 0.717) is 0 Å². The molecule has 84 valence electrons. The quantitative estimate of drug-likeness (QED) is 0.408. The first-order valence-corrected chi connectivity index (χ1v) is 5.41. The van der Waals surface area contributed by atoms with Gasteiger partial charge in [0.1, 0.15) is 0 Å². The van der Waals surface area contributed by atoms with Gasteiger partial charge in [0.15, 0.2) is 0 Å². The zero-order valence-corrected chi connectivity index (χ0v) is 9.74. The lowest BCUT2D eigenvalue weighted by Gasteiger charge is -2.19. The minimum absolute atomic E-state index is 0.0823. The van der Waals surface area contributed by atoms with Crippen molar-refractivity contribution in [2.75, 3.05) is 0 Å². The van der Waals surface area contributed by atoms with Crippen LogP contribution in [0.1, 0.15) is 34.1 Å². The standard InChI is InChI=1S/C12H18O3/c1-5-6-7(2)8(3)10-9(4)11(13)15-12(10)14/h6,8-10H,5H2,1-4H3/b7-6-. The van der Waals surface area contributed by atoms with Crippen LogP contribution in [0.15, 0.2) is 11.6 Å². The minimum atomic E-state index is -0.388. The van der Waals surface area contributed by atoms with Gasteiger partial charge >= 0.3 is 11.9 Å². The highest BCUT2D eigenvalue weighted by molar-refractivity contribution is 5.96. The summed E-state index contributed by atoms with van der Waals surface area (Å²) in [4.78, 5) is 22.7. The molecule has 15 heavy (non-hydrogen) atoms.